The maximum atomic E-state index is 13.1. The van der Waals surface area contributed by atoms with Crippen molar-refractivity contribution in [1.82, 2.24) is 16.0 Å². The van der Waals surface area contributed by atoms with Gasteiger partial charge < -0.3 is 49.1 Å². The first kappa shape index (κ1) is 32.8. The summed E-state index contributed by atoms with van der Waals surface area (Å²) in [5.41, 5.74) is 22.1. The molecule has 1 aromatic carbocycles. The number of aromatic hydroxyl groups is 1. The summed E-state index contributed by atoms with van der Waals surface area (Å²) < 4.78 is 0. The molecular weight excluding hydrogens is 514 g/mol. The summed E-state index contributed by atoms with van der Waals surface area (Å²) in [7, 11) is 0. The molecule has 0 spiro atoms. The number of nitrogens with one attached hydrogen (secondary N) is 3. The van der Waals surface area contributed by atoms with Crippen LogP contribution >= 0.6 is 0 Å². The van der Waals surface area contributed by atoms with E-state index in [0.717, 1.165) is 0 Å². The molecule has 4 atom stereocenters. The fourth-order valence-corrected chi connectivity index (χ4v) is 3.49. The monoisotopic (exact) mass is 551 g/mol. The minimum absolute atomic E-state index is 0.0270. The summed E-state index contributed by atoms with van der Waals surface area (Å²) in [4.78, 5) is 72.8. The maximum absolute atomic E-state index is 13.1. The lowest BCUT2D eigenvalue weighted by atomic mass is 10.0. The first-order valence-corrected chi connectivity index (χ1v) is 12.3. The van der Waals surface area contributed by atoms with Gasteiger partial charge >= 0.3 is 5.97 Å². The van der Waals surface area contributed by atoms with E-state index in [4.69, 9.17) is 22.9 Å². The van der Waals surface area contributed by atoms with Gasteiger partial charge in [-0.15, -0.1) is 0 Å². The lowest BCUT2D eigenvalue weighted by Gasteiger charge is -2.25. The van der Waals surface area contributed by atoms with Gasteiger partial charge in [0.2, 0.25) is 29.5 Å². The van der Waals surface area contributed by atoms with Crippen LogP contribution in [0.1, 0.15) is 44.1 Å². The molecule has 0 aromatic heterocycles. The number of unbranched alkanes of at least 4 members (excludes halogenated alkanes) is 1. The van der Waals surface area contributed by atoms with Crippen LogP contribution in [-0.4, -0.2) is 76.4 Å². The van der Waals surface area contributed by atoms with Gasteiger partial charge in [-0.2, -0.15) is 0 Å². The zero-order chi connectivity index (χ0) is 29.5. The van der Waals surface area contributed by atoms with Gasteiger partial charge in [0.15, 0.2) is 0 Å². The van der Waals surface area contributed by atoms with Crippen LogP contribution in [0.4, 0.5) is 0 Å². The summed E-state index contributed by atoms with van der Waals surface area (Å²) in [5, 5.41) is 26.1. The molecule has 0 aliphatic heterocycles. The third kappa shape index (κ3) is 12.7. The molecule has 15 nitrogen and oxygen atoms in total. The van der Waals surface area contributed by atoms with Crippen LogP contribution < -0.4 is 38.9 Å². The second kappa shape index (κ2) is 16.6. The van der Waals surface area contributed by atoms with Crippen molar-refractivity contribution in [2.24, 2.45) is 22.9 Å². The lowest BCUT2D eigenvalue weighted by molar-refractivity contribution is -0.142. The Hall–Kier alpha value is -4.24. The number of benzene rings is 1. The number of rotatable bonds is 18. The zero-order valence-electron chi connectivity index (χ0n) is 21.4. The molecule has 0 aliphatic rings. The van der Waals surface area contributed by atoms with Crippen molar-refractivity contribution in [2.45, 2.75) is 69.1 Å². The third-order valence-electron chi connectivity index (χ3n) is 5.65. The topological polar surface area (TPSA) is 283 Å². The number of hydrogen-bond acceptors (Lipinski definition) is 9. The highest BCUT2D eigenvalue weighted by Crippen LogP contribution is 2.12. The number of carbonyl (C=O) groups excluding carboxylic acids is 5. The number of primary amides is 2. The Labute approximate surface area is 225 Å². The molecule has 0 radical (unpaired) electrons. The fourth-order valence-electron chi connectivity index (χ4n) is 3.49. The smallest absolute Gasteiger partial charge is 0.326 e. The van der Waals surface area contributed by atoms with Crippen molar-refractivity contribution in [3.63, 3.8) is 0 Å². The zero-order valence-corrected chi connectivity index (χ0v) is 21.4. The van der Waals surface area contributed by atoms with E-state index in [0.29, 0.717) is 24.9 Å². The molecule has 0 fully saturated rings. The highest BCUT2D eigenvalue weighted by molar-refractivity contribution is 5.96. The lowest BCUT2D eigenvalue weighted by Crippen LogP contribution is -2.58. The van der Waals surface area contributed by atoms with Gasteiger partial charge in [-0.05, 0) is 49.9 Å². The quantitative estimate of drug-likeness (QED) is 0.0837. The van der Waals surface area contributed by atoms with Crippen LogP contribution in [-0.2, 0) is 35.2 Å². The van der Waals surface area contributed by atoms with Crippen LogP contribution in [0.2, 0.25) is 0 Å². The normalized spacial score (nSPS) is 13.8. The first-order chi connectivity index (χ1) is 18.3. The second-order valence-electron chi connectivity index (χ2n) is 8.96. The Morgan fingerprint density at radius 2 is 1.33 bits per heavy atom. The Morgan fingerprint density at radius 3 is 1.87 bits per heavy atom. The molecule has 1 rings (SSSR count). The van der Waals surface area contributed by atoms with Crippen molar-refractivity contribution in [3.8, 4) is 5.75 Å². The molecule has 39 heavy (non-hydrogen) atoms. The molecule has 4 unspecified atom stereocenters. The largest absolute Gasteiger partial charge is 0.508 e. The molecule has 5 amide bonds. The SMILES string of the molecule is NCCCCC(NC(=O)C(N)CCC(N)=O)C(=O)NC(CC(N)=O)C(=O)NC(Cc1ccc(O)cc1)C(=O)O. The molecule has 0 heterocycles. The van der Waals surface area contributed by atoms with Crippen LogP contribution in [0.15, 0.2) is 24.3 Å². The van der Waals surface area contributed by atoms with Gasteiger partial charge in [0.1, 0.15) is 23.9 Å². The Balaban J connectivity index is 3.01. The van der Waals surface area contributed by atoms with Gasteiger partial charge in [-0.1, -0.05) is 12.1 Å². The number of carbonyl (C=O) groups is 6. The average Bonchev–Trinajstić information content (AvgIpc) is 2.86. The van der Waals surface area contributed by atoms with Crippen molar-refractivity contribution in [2.75, 3.05) is 6.54 Å². The Bertz CT molecular complexity index is 1020. The number of phenolic OH excluding ortho intramolecular Hbond substituents is 1. The van der Waals surface area contributed by atoms with Crippen molar-refractivity contribution in [1.29, 1.82) is 0 Å². The first-order valence-electron chi connectivity index (χ1n) is 12.3. The van der Waals surface area contributed by atoms with E-state index in [2.05, 4.69) is 16.0 Å². The molecule has 0 saturated heterocycles. The molecule has 0 aliphatic carbocycles. The highest BCUT2D eigenvalue weighted by atomic mass is 16.4. The number of amides is 5. The van der Waals surface area contributed by atoms with Gasteiger partial charge in [-0.25, -0.2) is 4.79 Å². The van der Waals surface area contributed by atoms with Gasteiger partial charge in [0.25, 0.3) is 0 Å². The summed E-state index contributed by atoms with van der Waals surface area (Å²) in [6.07, 6.45) is 0.0595. The van der Waals surface area contributed by atoms with Gasteiger partial charge in [0, 0.05) is 12.8 Å². The Kier molecular flexibility index (Phi) is 13.9. The van der Waals surface area contributed by atoms with Crippen molar-refractivity contribution in [3.05, 3.63) is 29.8 Å². The van der Waals surface area contributed by atoms with Crippen LogP contribution in [0.5, 0.6) is 5.75 Å². The van der Waals surface area contributed by atoms with Crippen LogP contribution in [0, 0.1) is 0 Å². The average molecular weight is 552 g/mol. The summed E-state index contributed by atoms with van der Waals surface area (Å²) in [6.45, 7) is 0.324. The molecule has 0 bridgehead atoms. The standard InChI is InChI=1S/C24H37N7O8/c25-10-2-1-3-16(29-21(35)15(26)8-9-19(27)33)22(36)30-17(12-20(28)34)23(37)31-18(24(38)39)11-13-4-6-14(32)7-5-13/h4-7,15-18,32H,1-3,8-12,25-26H2,(H2,27,33)(H2,28,34)(H,29,35)(H,30,36)(H,31,37)(H,38,39). The minimum atomic E-state index is -1.55. The van der Waals surface area contributed by atoms with Gasteiger partial charge in [-0.3, -0.25) is 24.0 Å². The number of carboxylic acids is 1. The van der Waals surface area contributed by atoms with Crippen LogP contribution in [0.3, 0.4) is 0 Å². The number of carboxylic acid groups (broad SMARTS) is 1. The second-order valence-corrected chi connectivity index (χ2v) is 8.96. The fraction of sp³-hybridized carbons (Fsp3) is 0.500. The van der Waals surface area contributed by atoms with E-state index >= 15 is 0 Å². The number of aliphatic carboxylic acids is 1. The van der Waals surface area contributed by atoms with E-state index in [1.807, 2.05) is 0 Å². The molecule has 15 heteroatoms. The maximum Gasteiger partial charge on any atom is 0.326 e. The summed E-state index contributed by atoms with van der Waals surface area (Å²) in [5.74, 6) is -5.56. The predicted molar refractivity (Wildman–Crippen MR) is 138 cm³/mol. The van der Waals surface area contributed by atoms with Gasteiger partial charge in [0.05, 0.1) is 12.5 Å². The minimum Gasteiger partial charge on any atom is -0.508 e. The van der Waals surface area contributed by atoms with E-state index in [1.165, 1.54) is 24.3 Å². The van der Waals surface area contributed by atoms with Crippen molar-refractivity contribution < 1.29 is 39.0 Å². The summed E-state index contributed by atoms with van der Waals surface area (Å²) >= 11 is 0. The third-order valence-corrected chi connectivity index (χ3v) is 5.65. The number of phenols is 1. The summed E-state index contributed by atoms with van der Waals surface area (Å²) in [6, 6.07) is 0.358. The van der Waals surface area contributed by atoms with E-state index < -0.39 is 66.1 Å². The molecule has 216 valence electrons. The number of hydrogen-bond donors (Lipinski definition) is 9. The van der Waals surface area contributed by atoms with E-state index in [1.54, 1.807) is 0 Å². The Morgan fingerprint density at radius 1 is 0.769 bits per heavy atom. The molecule has 13 N–H and O–H groups in total. The van der Waals surface area contributed by atoms with E-state index in [9.17, 15) is 39.0 Å². The number of nitrogens with two attached hydrogens (primary N) is 4. The predicted octanol–water partition coefficient (Wildman–Crippen LogP) is -2.93. The van der Waals surface area contributed by atoms with Crippen LogP contribution in [0.25, 0.3) is 0 Å². The molecular formula is C24H37N7O8. The molecule has 0 saturated carbocycles. The van der Waals surface area contributed by atoms with Crippen molar-refractivity contribution >= 4 is 35.5 Å². The highest BCUT2D eigenvalue weighted by Gasteiger charge is 2.31. The van der Waals surface area contributed by atoms with E-state index in [-0.39, 0.29) is 31.4 Å². The molecule has 1 aromatic rings.